The quantitative estimate of drug-likeness (QED) is 0.551. The van der Waals surface area contributed by atoms with Crippen molar-refractivity contribution in [2.24, 2.45) is 0 Å². The molecule has 174 valence electrons. The van der Waals surface area contributed by atoms with Crippen molar-refractivity contribution in [2.75, 3.05) is 33.3 Å². The van der Waals surface area contributed by atoms with E-state index in [4.69, 9.17) is 4.74 Å². The van der Waals surface area contributed by atoms with E-state index in [2.05, 4.69) is 61.7 Å². The summed E-state index contributed by atoms with van der Waals surface area (Å²) in [5.41, 5.74) is 2.40. The minimum atomic E-state index is 0.0168. The molecule has 0 N–H and O–H groups in total. The molecule has 1 aromatic heterocycles. The van der Waals surface area contributed by atoms with Gasteiger partial charge in [-0.3, -0.25) is 9.80 Å². The number of methoxy groups -OCH3 is 1. The summed E-state index contributed by atoms with van der Waals surface area (Å²) in [6, 6.07) is 19.6. The normalized spacial score (nSPS) is 19.4. The third-order valence-corrected chi connectivity index (χ3v) is 7.22. The largest absolute Gasteiger partial charge is 0.497 e. The predicted molar refractivity (Wildman–Crippen MR) is 128 cm³/mol. The SMILES string of the molecule is COc1ccc([C@@H](c2nnnn2Cc2ccccc2)N2CCN(C3CCCCC3)CC2)cc1. The Morgan fingerprint density at radius 3 is 2.33 bits per heavy atom. The maximum atomic E-state index is 5.40. The molecule has 0 radical (unpaired) electrons. The number of nitrogens with zero attached hydrogens (tertiary/aromatic N) is 6. The molecule has 0 spiro atoms. The predicted octanol–water partition coefficient (Wildman–Crippen LogP) is 3.77. The van der Waals surface area contributed by atoms with Gasteiger partial charge in [-0.25, -0.2) is 4.68 Å². The molecular weight excluding hydrogens is 412 g/mol. The molecular formula is C26H34N6O. The monoisotopic (exact) mass is 446 g/mol. The molecule has 1 saturated carbocycles. The van der Waals surface area contributed by atoms with Gasteiger partial charge < -0.3 is 4.74 Å². The average Bonchev–Trinajstić information content (AvgIpc) is 3.33. The zero-order valence-corrected chi connectivity index (χ0v) is 19.5. The van der Waals surface area contributed by atoms with E-state index in [9.17, 15) is 0 Å². The van der Waals surface area contributed by atoms with Gasteiger partial charge in [0.25, 0.3) is 0 Å². The Hall–Kier alpha value is -2.77. The van der Waals surface area contributed by atoms with Gasteiger partial charge >= 0.3 is 0 Å². The first kappa shape index (κ1) is 22.0. The molecule has 2 aliphatic rings. The Balaban J connectivity index is 1.39. The topological polar surface area (TPSA) is 59.3 Å². The number of benzene rings is 2. The highest BCUT2D eigenvalue weighted by atomic mass is 16.5. The lowest BCUT2D eigenvalue weighted by Gasteiger charge is -2.43. The van der Waals surface area contributed by atoms with E-state index in [1.807, 2.05) is 22.9 Å². The highest BCUT2D eigenvalue weighted by Crippen LogP contribution is 2.31. The third-order valence-electron chi connectivity index (χ3n) is 7.22. The van der Waals surface area contributed by atoms with Crippen molar-refractivity contribution < 1.29 is 4.74 Å². The van der Waals surface area contributed by atoms with Crippen LogP contribution in [-0.2, 0) is 6.54 Å². The zero-order chi connectivity index (χ0) is 22.5. The lowest BCUT2D eigenvalue weighted by molar-refractivity contribution is 0.0620. The second-order valence-electron chi connectivity index (χ2n) is 9.22. The van der Waals surface area contributed by atoms with Crippen molar-refractivity contribution >= 4 is 0 Å². The van der Waals surface area contributed by atoms with Crippen LogP contribution in [-0.4, -0.2) is 69.3 Å². The van der Waals surface area contributed by atoms with Crippen LogP contribution in [0.4, 0.5) is 0 Å². The first-order valence-electron chi connectivity index (χ1n) is 12.2. The summed E-state index contributed by atoms with van der Waals surface area (Å²) >= 11 is 0. The lowest BCUT2D eigenvalue weighted by atomic mass is 9.93. The lowest BCUT2D eigenvalue weighted by Crippen LogP contribution is -2.52. The zero-order valence-electron chi connectivity index (χ0n) is 19.5. The van der Waals surface area contributed by atoms with Crippen LogP contribution in [0.15, 0.2) is 54.6 Å². The van der Waals surface area contributed by atoms with Crippen molar-refractivity contribution in [2.45, 2.75) is 50.7 Å². The Morgan fingerprint density at radius 1 is 0.909 bits per heavy atom. The Bertz CT molecular complexity index is 991. The molecule has 33 heavy (non-hydrogen) atoms. The fourth-order valence-electron chi connectivity index (χ4n) is 5.39. The summed E-state index contributed by atoms with van der Waals surface area (Å²) in [6.07, 6.45) is 6.88. The van der Waals surface area contributed by atoms with Crippen molar-refractivity contribution in [1.82, 2.24) is 30.0 Å². The smallest absolute Gasteiger partial charge is 0.173 e. The van der Waals surface area contributed by atoms with Crippen LogP contribution in [0.2, 0.25) is 0 Å². The molecule has 1 aliphatic heterocycles. The van der Waals surface area contributed by atoms with Gasteiger partial charge in [-0.2, -0.15) is 0 Å². The van der Waals surface area contributed by atoms with Crippen LogP contribution < -0.4 is 4.74 Å². The number of aromatic nitrogens is 4. The fourth-order valence-corrected chi connectivity index (χ4v) is 5.39. The molecule has 3 aromatic rings. The van der Waals surface area contributed by atoms with Gasteiger partial charge in [0.05, 0.1) is 19.7 Å². The summed E-state index contributed by atoms with van der Waals surface area (Å²) in [7, 11) is 1.71. The third kappa shape index (κ3) is 5.09. The van der Waals surface area contributed by atoms with Crippen LogP contribution in [0.25, 0.3) is 0 Å². The molecule has 2 aromatic carbocycles. The number of tetrazole rings is 1. The second kappa shape index (κ2) is 10.4. The number of hydrogen-bond acceptors (Lipinski definition) is 6. The van der Waals surface area contributed by atoms with Crippen molar-refractivity contribution in [3.63, 3.8) is 0 Å². The molecule has 1 aliphatic carbocycles. The van der Waals surface area contributed by atoms with Gasteiger partial charge in [-0.1, -0.05) is 61.7 Å². The number of ether oxygens (including phenoxy) is 1. The maximum absolute atomic E-state index is 5.40. The second-order valence-corrected chi connectivity index (χ2v) is 9.22. The molecule has 1 saturated heterocycles. The van der Waals surface area contributed by atoms with Crippen LogP contribution >= 0.6 is 0 Å². The van der Waals surface area contributed by atoms with Crippen molar-refractivity contribution in [1.29, 1.82) is 0 Å². The first-order valence-corrected chi connectivity index (χ1v) is 12.2. The van der Waals surface area contributed by atoms with Gasteiger partial charge in [-0.15, -0.1) is 5.10 Å². The van der Waals surface area contributed by atoms with E-state index in [0.29, 0.717) is 6.54 Å². The number of piperazine rings is 1. The summed E-state index contributed by atoms with van der Waals surface area (Å²) in [5.74, 6) is 1.76. The maximum Gasteiger partial charge on any atom is 0.173 e. The molecule has 1 atom stereocenters. The van der Waals surface area contributed by atoms with E-state index in [0.717, 1.165) is 43.8 Å². The molecule has 7 nitrogen and oxygen atoms in total. The molecule has 0 bridgehead atoms. The molecule has 0 unspecified atom stereocenters. The Morgan fingerprint density at radius 2 is 1.64 bits per heavy atom. The molecule has 2 fully saturated rings. The molecule has 5 rings (SSSR count). The van der Waals surface area contributed by atoms with E-state index in [1.54, 1.807) is 7.11 Å². The van der Waals surface area contributed by atoms with Crippen molar-refractivity contribution in [3.8, 4) is 5.75 Å². The van der Waals surface area contributed by atoms with Gasteiger partial charge in [0.1, 0.15) is 5.75 Å². The molecule has 0 amide bonds. The standard InChI is InChI=1S/C26H34N6O/c1-33-24-14-12-22(13-15-24)25(26-27-28-29-32(26)20-21-8-4-2-5-9-21)31-18-16-30(17-19-31)23-10-6-3-7-11-23/h2,4-5,8-9,12-15,23,25H,3,6-7,10-11,16-20H2,1H3/t25-/m0/s1. The fraction of sp³-hybridized carbons (Fsp3) is 0.500. The van der Waals surface area contributed by atoms with Gasteiger partial charge in [0.15, 0.2) is 5.82 Å². The summed E-state index contributed by atoms with van der Waals surface area (Å²) in [5, 5.41) is 13.0. The molecule has 2 heterocycles. The Labute approximate surface area is 196 Å². The van der Waals surface area contributed by atoms with E-state index < -0.39 is 0 Å². The van der Waals surface area contributed by atoms with Crippen LogP contribution in [0.3, 0.4) is 0 Å². The van der Waals surface area contributed by atoms with E-state index >= 15 is 0 Å². The average molecular weight is 447 g/mol. The summed E-state index contributed by atoms with van der Waals surface area (Å²) < 4.78 is 7.36. The van der Waals surface area contributed by atoms with Gasteiger partial charge in [0, 0.05) is 32.2 Å². The van der Waals surface area contributed by atoms with Crippen molar-refractivity contribution in [3.05, 3.63) is 71.5 Å². The van der Waals surface area contributed by atoms with Crippen LogP contribution in [0.5, 0.6) is 5.75 Å². The first-order chi connectivity index (χ1) is 16.3. The van der Waals surface area contributed by atoms with Crippen LogP contribution in [0.1, 0.15) is 55.1 Å². The Kier molecular flexibility index (Phi) is 6.98. The number of hydrogen-bond donors (Lipinski definition) is 0. The highest BCUT2D eigenvalue weighted by molar-refractivity contribution is 5.32. The van der Waals surface area contributed by atoms with Crippen LogP contribution in [0, 0.1) is 0 Å². The number of rotatable bonds is 7. The molecule has 7 heteroatoms. The minimum Gasteiger partial charge on any atom is -0.497 e. The van der Waals surface area contributed by atoms with E-state index in [-0.39, 0.29) is 6.04 Å². The van der Waals surface area contributed by atoms with Gasteiger partial charge in [0.2, 0.25) is 0 Å². The summed E-state index contributed by atoms with van der Waals surface area (Å²) in [6.45, 7) is 4.92. The minimum absolute atomic E-state index is 0.0168. The summed E-state index contributed by atoms with van der Waals surface area (Å²) in [4.78, 5) is 5.27. The highest BCUT2D eigenvalue weighted by Gasteiger charge is 2.32. The van der Waals surface area contributed by atoms with Gasteiger partial charge in [-0.05, 0) is 46.5 Å². The van der Waals surface area contributed by atoms with E-state index in [1.165, 1.54) is 43.2 Å².